The summed E-state index contributed by atoms with van der Waals surface area (Å²) < 4.78 is 2.11. The van der Waals surface area contributed by atoms with Crippen LogP contribution in [-0.2, 0) is 0 Å². The van der Waals surface area contributed by atoms with Gasteiger partial charge in [-0.2, -0.15) is 0 Å². The van der Waals surface area contributed by atoms with Crippen molar-refractivity contribution in [1.29, 1.82) is 0 Å². The minimum atomic E-state index is -0.195. The zero-order chi connectivity index (χ0) is 22.8. The fourth-order valence-corrected chi connectivity index (χ4v) is 4.66. The van der Waals surface area contributed by atoms with E-state index in [-0.39, 0.29) is 5.91 Å². The molecule has 0 bridgehead atoms. The Morgan fingerprint density at radius 2 is 2.06 bits per heavy atom. The van der Waals surface area contributed by atoms with Crippen LogP contribution in [0.15, 0.2) is 66.0 Å². The van der Waals surface area contributed by atoms with Gasteiger partial charge in [0.1, 0.15) is 28.7 Å². The number of rotatable bonds is 5. The van der Waals surface area contributed by atoms with Gasteiger partial charge in [-0.3, -0.25) is 14.2 Å². The summed E-state index contributed by atoms with van der Waals surface area (Å²) in [6.07, 6.45) is 16.0. The Balaban J connectivity index is 1.47. The van der Waals surface area contributed by atoms with Crippen LogP contribution in [0.25, 0.3) is 16.8 Å². The maximum Gasteiger partial charge on any atom is 0.256 e. The van der Waals surface area contributed by atoms with Crippen molar-refractivity contribution in [2.24, 2.45) is 10.9 Å². The number of nitrogen functional groups attached to an aromatic ring is 1. The van der Waals surface area contributed by atoms with E-state index in [0.717, 1.165) is 29.0 Å². The molecule has 33 heavy (non-hydrogen) atoms. The van der Waals surface area contributed by atoms with Gasteiger partial charge in [0.15, 0.2) is 0 Å². The van der Waals surface area contributed by atoms with E-state index in [2.05, 4.69) is 26.6 Å². The molecular weight excluding hydrogens is 412 g/mol. The van der Waals surface area contributed by atoms with Gasteiger partial charge >= 0.3 is 0 Å². The van der Waals surface area contributed by atoms with Crippen molar-refractivity contribution in [3.05, 3.63) is 72.4 Å². The molecule has 1 aromatic carbocycles. The molecule has 3 aromatic rings. The summed E-state index contributed by atoms with van der Waals surface area (Å²) in [5.74, 6) is 2.94. The van der Waals surface area contributed by atoms with Gasteiger partial charge in [0, 0.05) is 29.4 Å². The number of aromatic nitrogens is 3. The molecule has 1 unspecified atom stereocenters. The molecule has 3 N–H and O–H groups in total. The van der Waals surface area contributed by atoms with Crippen molar-refractivity contribution in [3.8, 4) is 11.3 Å². The number of hydrogen-bond acceptors (Lipinski definition) is 5. The number of imidazole rings is 1. The second-order valence-corrected chi connectivity index (χ2v) is 8.60. The average Bonchev–Trinajstić information content (AvgIpc) is 2.99. The van der Waals surface area contributed by atoms with Crippen molar-refractivity contribution >= 4 is 23.1 Å². The molecule has 1 aliphatic heterocycles. The number of carbonyl (C=O) groups is 1. The van der Waals surface area contributed by atoms with E-state index in [9.17, 15) is 4.79 Å². The van der Waals surface area contributed by atoms with Crippen LogP contribution >= 0.6 is 0 Å². The second-order valence-electron chi connectivity index (χ2n) is 8.60. The Labute approximate surface area is 193 Å². The number of benzene rings is 1. The maximum atomic E-state index is 12.7. The minimum Gasteiger partial charge on any atom is -0.382 e. The summed E-state index contributed by atoms with van der Waals surface area (Å²) in [7, 11) is 0. The normalized spacial score (nSPS) is 16.8. The number of carbonyl (C=O) groups excluding carboxylic acids is 1. The Bertz CT molecular complexity index is 1260. The molecule has 0 spiro atoms. The highest BCUT2D eigenvalue weighted by Crippen LogP contribution is 2.42. The van der Waals surface area contributed by atoms with Gasteiger partial charge in [0.25, 0.3) is 5.91 Å². The zero-order valence-corrected chi connectivity index (χ0v) is 18.7. The number of amidine groups is 1. The molecule has 3 heterocycles. The van der Waals surface area contributed by atoms with Crippen molar-refractivity contribution in [2.45, 2.75) is 38.5 Å². The molecule has 168 valence electrons. The summed E-state index contributed by atoms with van der Waals surface area (Å²) in [5, 5.41) is 2.86. The highest BCUT2D eigenvalue weighted by atomic mass is 16.1. The van der Waals surface area contributed by atoms with Crippen molar-refractivity contribution in [3.63, 3.8) is 0 Å². The molecular formula is C26H28N6O. The first-order valence-electron chi connectivity index (χ1n) is 11.6. The molecule has 5 rings (SSSR count). The first kappa shape index (κ1) is 21.1. The van der Waals surface area contributed by atoms with E-state index in [4.69, 9.17) is 10.7 Å². The molecule has 2 aromatic heterocycles. The second kappa shape index (κ2) is 9.02. The van der Waals surface area contributed by atoms with Gasteiger partial charge in [-0.15, -0.1) is 0 Å². The monoisotopic (exact) mass is 440 g/mol. The van der Waals surface area contributed by atoms with Gasteiger partial charge in [0.2, 0.25) is 0 Å². The van der Waals surface area contributed by atoms with Gasteiger partial charge in [-0.05, 0) is 43.4 Å². The van der Waals surface area contributed by atoms with Crippen LogP contribution in [0.3, 0.4) is 0 Å². The Morgan fingerprint density at radius 3 is 2.79 bits per heavy atom. The number of anilines is 1. The van der Waals surface area contributed by atoms with Crippen LogP contribution in [0, 0.1) is 5.92 Å². The predicted octanol–water partition coefficient (Wildman–Crippen LogP) is 4.53. The lowest BCUT2D eigenvalue weighted by Gasteiger charge is -2.32. The zero-order valence-electron chi connectivity index (χ0n) is 18.7. The number of allylic oxidation sites excluding steroid dienone is 2. The standard InChI is InChI=1S/C26H28N6O/c1-2-20(17-7-6-8-17)25-31-22(23-24(27)29-15-16-32(23)25)18-10-12-19(13-11-18)26(33)30-21-9-4-3-5-14-28-21/h3-5,9-13,15-17,20H,2,6-8,14H2,1H3,(H2,27,29)(H,28,30,33). The van der Waals surface area contributed by atoms with Crippen LogP contribution in [0.5, 0.6) is 0 Å². The van der Waals surface area contributed by atoms with Crippen LogP contribution in [0.1, 0.15) is 54.7 Å². The smallest absolute Gasteiger partial charge is 0.256 e. The SMILES string of the molecule is CCC(c1nc(-c2ccc(C(=O)NC3=NCC=CC=C3)cc2)c2c(N)nccn12)C1CCC1. The Kier molecular flexibility index (Phi) is 5.77. The lowest BCUT2D eigenvalue weighted by atomic mass is 9.74. The molecule has 7 heteroatoms. The first-order chi connectivity index (χ1) is 16.2. The van der Waals surface area contributed by atoms with E-state index in [0.29, 0.717) is 35.6 Å². The first-order valence-corrected chi connectivity index (χ1v) is 11.6. The molecule has 1 atom stereocenters. The number of hydrogen-bond donors (Lipinski definition) is 2. The minimum absolute atomic E-state index is 0.195. The Hall–Kier alpha value is -3.74. The predicted molar refractivity (Wildman–Crippen MR) is 131 cm³/mol. The molecule has 7 nitrogen and oxygen atoms in total. The summed E-state index contributed by atoms with van der Waals surface area (Å²) >= 11 is 0. The summed E-state index contributed by atoms with van der Waals surface area (Å²) in [6.45, 7) is 2.78. The topological polar surface area (TPSA) is 97.7 Å². The lowest BCUT2D eigenvalue weighted by Crippen LogP contribution is -2.29. The van der Waals surface area contributed by atoms with Crippen LogP contribution < -0.4 is 11.1 Å². The summed E-state index contributed by atoms with van der Waals surface area (Å²) in [5.41, 5.74) is 9.41. The Morgan fingerprint density at radius 1 is 1.24 bits per heavy atom. The third-order valence-corrected chi connectivity index (χ3v) is 6.63. The van der Waals surface area contributed by atoms with Crippen LogP contribution in [-0.4, -0.2) is 32.7 Å². The van der Waals surface area contributed by atoms with E-state index >= 15 is 0 Å². The molecule has 1 fully saturated rings. The van der Waals surface area contributed by atoms with Crippen LogP contribution in [0.2, 0.25) is 0 Å². The quantitative estimate of drug-likeness (QED) is 0.609. The molecule has 2 aliphatic rings. The fourth-order valence-electron chi connectivity index (χ4n) is 4.66. The summed E-state index contributed by atoms with van der Waals surface area (Å²) in [6, 6.07) is 7.46. The van der Waals surface area contributed by atoms with Crippen molar-refractivity contribution < 1.29 is 4.79 Å². The van der Waals surface area contributed by atoms with E-state index in [1.807, 2.05) is 48.7 Å². The molecule has 0 radical (unpaired) electrons. The van der Waals surface area contributed by atoms with Crippen molar-refractivity contribution in [1.82, 2.24) is 19.7 Å². The van der Waals surface area contributed by atoms with Gasteiger partial charge in [-0.1, -0.05) is 43.7 Å². The largest absolute Gasteiger partial charge is 0.382 e. The maximum absolute atomic E-state index is 12.7. The van der Waals surface area contributed by atoms with E-state index in [1.165, 1.54) is 19.3 Å². The number of nitrogens with two attached hydrogens (primary N) is 1. The highest BCUT2D eigenvalue weighted by molar-refractivity contribution is 6.10. The molecule has 1 amide bonds. The van der Waals surface area contributed by atoms with Gasteiger partial charge in [-0.25, -0.2) is 9.97 Å². The molecule has 1 saturated carbocycles. The fraction of sp³-hybridized carbons (Fsp3) is 0.308. The number of nitrogens with one attached hydrogen (secondary N) is 1. The average molecular weight is 441 g/mol. The third kappa shape index (κ3) is 4.06. The van der Waals surface area contributed by atoms with Gasteiger partial charge in [0.05, 0.1) is 6.54 Å². The lowest BCUT2D eigenvalue weighted by molar-refractivity contribution is 0.0977. The van der Waals surface area contributed by atoms with Gasteiger partial charge < -0.3 is 11.1 Å². The number of amides is 1. The number of nitrogens with zero attached hydrogens (tertiary/aromatic N) is 4. The molecule has 0 saturated heterocycles. The number of fused-ring (bicyclic) bond motifs is 1. The molecule has 1 aliphatic carbocycles. The van der Waals surface area contributed by atoms with Crippen LogP contribution in [0.4, 0.5) is 5.82 Å². The van der Waals surface area contributed by atoms with E-state index < -0.39 is 0 Å². The summed E-state index contributed by atoms with van der Waals surface area (Å²) in [4.78, 5) is 26.4. The van der Waals surface area contributed by atoms with Crippen molar-refractivity contribution in [2.75, 3.05) is 12.3 Å². The number of aliphatic imine (C=N–C) groups is 1. The third-order valence-electron chi connectivity index (χ3n) is 6.63. The highest BCUT2D eigenvalue weighted by Gasteiger charge is 2.31. The van der Waals surface area contributed by atoms with E-state index in [1.54, 1.807) is 12.3 Å².